The lowest BCUT2D eigenvalue weighted by Crippen LogP contribution is -2.51. The maximum absolute atomic E-state index is 13.4. The van der Waals surface area contributed by atoms with Gasteiger partial charge in [-0.1, -0.05) is 19.1 Å². The Morgan fingerprint density at radius 3 is 2.96 bits per heavy atom. The molecule has 140 valence electrons. The van der Waals surface area contributed by atoms with Crippen molar-refractivity contribution in [3.8, 4) is 0 Å². The van der Waals surface area contributed by atoms with Gasteiger partial charge in [-0.2, -0.15) is 0 Å². The molecule has 2 aliphatic carbocycles. The van der Waals surface area contributed by atoms with Crippen LogP contribution in [-0.4, -0.2) is 47.2 Å². The highest BCUT2D eigenvalue weighted by molar-refractivity contribution is 5.83. The minimum absolute atomic E-state index is 0.0441. The molecule has 4 atom stereocenters. The van der Waals surface area contributed by atoms with E-state index in [0.29, 0.717) is 19.8 Å². The number of allylic oxidation sites excluding steroid dienone is 2. The van der Waals surface area contributed by atoms with Gasteiger partial charge in [0.1, 0.15) is 6.10 Å². The summed E-state index contributed by atoms with van der Waals surface area (Å²) in [4.78, 5) is 19.5. The molecule has 26 heavy (non-hydrogen) atoms. The van der Waals surface area contributed by atoms with Gasteiger partial charge in [-0.15, -0.1) is 0 Å². The molecule has 5 nitrogen and oxygen atoms in total. The number of pyridine rings is 1. The molecule has 5 heteroatoms. The van der Waals surface area contributed by atoms with Gasteiger partial charge in [-0.3, -0.25) is 9.78 Å². The number of aromatic nitrogens is 1. The molecular weight excluding hydrogens is 328 g/mol. The van der Waals surface area contributed by atoms with Gasteiger partial charge in [-0.25, -0.2) is 0 Å². The van der Waals surface area contributed by atoms with Crippen LogP contribution in [0.4, 0.5) is 0 Å². The summed E-state index contributed by atoms with van der Waals surface area (Å²) in [6.45, 7) is 3.93. The normalized spacial score (nSPS) is 33.9. The summed E-state index contributed by atoms with van der Waals surface area (Å²) in [6, 6.07) is 4.06. The highest BCUT2D eigenvalue weighted by Gasteiger charge is 2.48. The molecule has 0 spiro atoms. The first-order valence-electron chi connectivity index (χ1n) is 9.75. The van der Waals surface area contributed by atoms with Gasteiger partial charge >= 0.3 is 0 Å². The summed E-state index contributed by atoms with van der Waals surface area (Å²) in [5, 5.41) is 0. The Hall–Kier alpha value is -1.72. The van der Waals surface area contributed by atoms with Crippen molar-refractivity contribution < 1.29 is 14.3 Å². The van der Waals surface area contributed by atoms with Gasteiger partial charge in [-0.05, 0) is 49.8 Å². The number of ether oxygens (including phenoxy) is 2. The fourth-order valence-corrected chi connectivity index (χ4v) is 4.54. The van der Waals surface area contributed by atoms with Crippen molar-refractivity contribution in [1.82, 2.24) is 9.88 Å². The molecular formula is C21H28N2O3. The Kier molecular flexibility index (Phi) is 5.09. The number of rotatable bonds is 4. The van der Waals surface area contributed by atoms with Gasteiger partial charge < -0.3 is 14.4 Å². The highest BCUT2D eigenvalue weighted by atomic mass is 16.5. The Bertz CT molecular complexity index is 662. The van der Waals surface area contributed by atoms with E-state index in [2.05, 4.69) is 29.0 Å². The third-order valence-electron chi connectivity index (χ3n) is 6.12. The first-order valence-corrected chi connectivity index (χ1v) is 9.75. The summed E-state index contributed by atoms with van der Waals surface area (Å²) < 4.78 is 12.3. The number of nitrogens with zero attached hydrogens (tertiary/aromatic N) is 2. The van der Waals surface area contributed by atoms with Crippen molar-refractivity contribution in [3.05, 3.63) is 42.2 Å². The summed E-state index contributed by atoms with van der Waals surface area (Å²) in [7, 11) is 0. The van der Waals surface area contributed by atoms with Gasteiger partial charge in [0.05, 0.1) is 30.8 Å². The molecule has 0 unspecified atom stereocenters. The Balaban J connectivity index is 1.49. The number of hydrogen-bond acceptors (Lipinski definition) is 4. The van der Waals surface area contributed by atoms with Crippen LogP contribution in [0.5, 0.6) is 0 Å². The van der Waals surface area contributed by atoms with E-state index in [0.717, 1.165) is 37.7 Å². The van der Waals surface area contributed by atoms with Crippen molar-refractivity contribution >= 4 is 5.91 Å². The van der Waals surface area contributed by atoms with Crippen LogP contribution in [0.1, 0.15) is 44.6 Å². The Morgan fingerprint density at radius 2 is 2.19 bits per heavy atom. The second-order valence-electron chi connectivity index (χ2n) is 7.96. The smallest absolute Gasteiger partial charge is 0.229 e. The van der Waals surface area contributed by atoms with Crippen molar-refractivity contribution in [1.29, 1.82) is 0 Å². The average molecular weight is 356 g/mol. The SMILES string of the molecule is C[C@@]1(C(=O)N2CCO[C@H]3CC[C@H]2[C@@H]3OCc2ccncc2)CC=CCC1. The van der Waals surface area contributed by atoms with Crippen molar-refractivity contribution in [3.63, 3.8) is 0 Å². The van der Waals surface area contributed by atoms with Crippen molar-refractivity contribution in [2.45, 2.75) is 63.9 Å². The maximum Gasteiger partial charge on any atom is 0.229 e. The van der Waals surface area contributed by atoms with E-state index in [9.17, 15) is 4.79 Å². The number of carbonyl (C=O) groups is 1. The average Bonchev–Trinajstić information content (AvgIpc) is 2.96. The fourth-order valence-electron chi connectivity index (χ4n) is 4.54. The molecule has 2 fully saturated rings. The van der Waals surface area contributed by atoms with Crippen LogP contribution < -0.4 is 0 Å². The minimum atomic E-state index is -0.285. The Morgan fingerprint density at radius 1 is 1.35 bits per heavy atom. The maximum atomic E-state index is 13.4. The number of fused-ring (bicyclic) bond motifs is 2. The lowest BCUT2D eigenvalue weighted by molar-refractivity contribution is -0.146. The fraction of sp³-hybridized carbons (Fsp3) is 0.619. The Labute approximate surface area is 155 Å². The molecule has 2 heterocycles. The van der Waals surface area contributed by atoms with Gasteiger partial charge in [0, 0.05) is 18.9 Å². The molecule has 1 aliphatic heterocycles. The largest absolute Gasteiger partial charge is 0.374 e. The van der Waals surface area contributed by atoms with Crippen molar-refractivity contribution in [2.24, 2.45) is 5.41 Å². The quantitative estimate of drug-likeness (QED) is 0.778. The molecule has 3 aliphatic rings. The molecule has 0 radical (unpaired) electrons. The van der Waals surface area contributed by atoms with E-state index in [1.165, 1.54) is 0 Å². The molecule has 0 N–H and O–H groups in total. The third kappa shape index (κ3) is 3.42. The van der Waals surface area contributed by atoms with E-state index < -0.39 is 0 Å². The van der Waals surface area contributed by atoms with Gasteiger partial charge in [0.25, 0.3) is 0 Å². The van der Waals surface area contributed by atoms with E-state index in [1.54, 1.807) is 12.4 Å². The number of carbonyl (C=O) groups excluding carboxylic acids is 1. The van der Waals surface area contributed by atoms with Crippen LogP contribution in [0.15, 0.2) is 36.7 Å². The standard InChI is InChI=1S/C21H28N2O3/c1-21(9-3-2-4-10-21)20(24)23-13-14-25-18-6-5-17(23)19(18)26-15-16-7-11-22-12-8-16/h2-3,7-8,11-12,17-19H,4-6,9-10,13-15H2,1H3/t17-,18-,19-,21+/m0/s1. The molecule has 1 amide bonds. The van der Waals surface area contributed by atoms with Crippen LogP contribution in [0, 0.1) is 5.41 Å². The van der Waals surface area contributed by atoms with E-state index in [4.69, 9.17) is 9.47 Å². The highest BCUT2D eigenvalue weighted by Crippen LogP contribution is 2.39. The molecule has 1 saturated heterocycles. The number of hydrogen-bond donors (Lipinski definition) is 0. The first-order chi connectivity index (χ1) is 12.7. The zero-order valence-electron chi connectivity index (χ0n) is 15.5. The minimum Gasteiger partial charge on any atom is -0.374 e. The second-order valence-corrected chi connectivity index (χ2v) is 7.96. The van der Waals surface area contributed by atoms with Gasteiger partial charge in [0.2, 0.25) is 5.91 Å². The van der Waals surface area contributed by atoms with E-state index in [1.807, 2.05) is 12.1 Å². The van der Waals surface area contributed by atoms with Crippen molar-refractivity contribution in [2.75, 3.05) is 13.2 Å². The predicted octanol–water partition coefficient (Wildman–Crippen LogP) is 3.10. The predicted molar refractivity (Wildman–Crippen MR) is 98.4 cm³/mol. The lowest BCUT2D eigenvalue weighted by Gasteiger charge is -2.39. The zero-order chi connectivity index (χ0) is 18.0. The monoisotopic (exact) mass is 356 g/mol. The van der Waals surface area contributed by atoms with Crippen LogP contribution >= 0.6 is 0 Å². The van der Waals surface area contributed by atoms with Crippen LogP contribution in [0.25, 0.3) is 0 Å². The van der Waals surface area contributed by atoms with Gasteiger partial charge in [0.15, 0.2) is 0 Å². The number of amides is 1. The molecule has 4 rings (SSSR count). The summed E-state index contributed by atoms with van der Waals surface area (Å²) in [5.41, 5.74) is 0.818. The topological polar surface area (TPSA) is 51.7 Å². The second kappa shape index (κ2) is 7.49. The molecule has 2 bridgehead atoms. The van der Waals surface area contributed by atoms with E-state index in [-0.39, 0.29) is 29.6 Å². The molecule has 1 aromatic heterocycles. The lowest BCUT2D eigenvalue weighted by atomic mass is 9.77. The van der Waals surface area contributed by atoms with Crippen LogP contribution in [-0.2, 0) is 20.9 Å². The van der Waals surface area contributed by atoms with Crippen LogP contribution in [0.3, 0.4) is 0 Å². The molecule has 1 saturated carbocycles. The molecule has 0 aromatic carbocycles. The van der Waals surface area contributed by atoms with Crippen LogP contribution in [0.2, 0.25) is 0 Å². The zero-order valence-corrected chi connectivity index (χ0v) is 15.5. The first kappa shape index (κ1) is 17.7. The summed E-state index contributed by atoms with van der Waals surface area (Å²) in [6.07, 6.45) is 12.6. The summed E-state index contributed by atoms with van der Waals surface area (Å²) in [5.74, 6) is 0.274. The third-order valence-corrected chi connectivity index (χ3v) is 6.12. The summed E-state index contributed by atoms with van der Waals surface area (Å²) >= 11 is 0. The van der Waals surface area contributed by atoms with E-state index >= 15 is 0 Å². The molecule has 1 aromatic rings.